The van der Waals surface area contributed by atoms with Gasteiger partial charge in [-0.3, -0.25) is 4.79 Å². The Hall–Kier alpha value is -1.89. The molecule has 1 amide bonds. The molecule has 0 unspecified atom stereocenters. The number of amides is 1. The summed E-state index contributed by atoms with van der Waals surface area (Å²) < 4.78 is 5.08. The standard InChI is InChI=1S/C14H18N4O2S/c1-9-8-21-14(15-9)18-6-4-17(5-7-18)13(19)12-10(2)16-20-11(12)3/h8H,4-7H2,1-3H3. The second-order valence-electron chi connectivity index (χ2n) is 5.25. The first kappa shape index (κ1) is 14.1. The molecule has 1 fully saturated rings. The molecule has 3 heterocycles. The van der Waals surface area contributed by atoms with Gasteiger partial charge in [-0.15, -0.1) is 11.3 Å². The summed E-state index contributed by atoms with van der Waals surface area (Å²) in [6.07, 6.45) is 0. The van der Waals surface area contributed by atoms with Crippen molar-refractivity contribution in [3.05, 3.63) is 28.1 Å². The molecule has 0 saturated carbocycles. The van der Waals surface area contributed by atoms with Crippen LogP contribution in [0.25, 0.3) is 0 Å². The minimum Gasteiger partial charge on any atom is -0.361 e. The van der Waals surface area contributed by atoms with Gasteiger partial charge in [-0.1, -0.05) is 5.16 Å². The van der Waals surface area contributed by atoms with E-state index < -0.39 is 0 Å². The Labute approximate surface area is 127 Å². The van der Waals surface area contributed by atoms with Crippen LogP contribution in [-0.2, 0) is 0 Å². The van der Waals surface area contributed by atoms with Crippen molar-refractivity contribution in [2.45, 2.75) is 20.8 Å². The number of aryl methyl sites for hydroxylation is 3. The molecule has 0 spiro atoms. The van der Waals surface area contributed by atoms with E-state index in [1.54, 1.807) is 25.2 Å². The number of piperazine rings is 1. The van der Waals surface area contributed by atoms with Crippen LogP contribution in [0, 0.1) is 20.8 Å². The fourth-order valence-electron chi connectivity index (χ4n) is 2.53. The molecule has 0 aliphatic carbocycles. The first-order valence-electron chi connectivity index (χ1n) is 6.95. The van der Waals surface area contributed by atoms with Crippen LogP contribution in [0.15, 0.2) is 9.90 Å². The van der Waals surface area contributed by atoms with Crippen LogP contribution in [-0.4, -0.2) is 47.1 Å². The van der Waals surface area contributed by atoms with Crippen molar-refractivity contribution >= 4 is 22.4 Å². The number of rotatable bonds is 2. The lowest BCUT2D eigenvalue weighted by Gasteiger charge is -2.34. The SMILES string of the molecule is Cc1csc(N2CCN(C(=O)c3c(C)noc3C)CC2)n1. The number of carbonyl (C=O) groups is 1. The topological polar surface area (TPSA) is 62.5 Å². The average Bonchev–Trinajstić information content (AvgIpc) is 3.05. The monoisotopic (exact) mass is 306 g/mol. The Bertz CT molecular complexity index is 636. The smallest absolute Gasteiger partial charge is 0.259 e. The third kappa shape index (κ3) is 2.65. The van der Waals surface area contributed by atoms with Gasteiger partial charge in [0.25, 0.3) is 5.91 Å². The lowest BCUT2D eigenvalue weighted by molar-refractivity contribution is 0.0744. The Morgan fingerprint density at radius 1 is 1.24 bits per heavy atom. The molecule has 0 N–H and O–H groups in total. The number of aromatic nitrogens is 2. The average molecular weight is 306 g/mol. The summed E-state index contributed by atoms with van der Waals surface area (Å²) in [4.78, 5) is 21.1. The molecule has 1 aliphatic rings. The van der Waals surface area contributed by atoms with Crippen LogP contribution in [0.1, 0.15) is 27.5 Å². The second-order valence-corrected chi connectivity index (χ2v) is 6.09. The van der Waals surface area contributed by atoms with E-state index in [9.17, 15) is 4.79 Å². The molecule has 2 aromatic heterocycles. The van der Waals surface area contributed by atoms with Crippen LogP contribution in [0.2, 0.25) is 0 Å². The Morgan fingerprint density at radius 2 is 1.95 bits per heavy atom. The second kappa shape index (κ2) is 5.48. The van der Waals surface area contributed by atoms with Gasteiger partial charge in [0, 0.05) is 31.6 Å². The highest BCUT2D eigenvalue weighted by molar-refractivity contribution is 7.13. The van der Waals surface area contributed by atoms with E-state index >= 15 is 0 Å². The van der Waals surface area contributed by atoms with Crippen LogP contribution < -0.4 is 4.90 Å². The van der Waals surface area contributed by atoms with E-state index in [0.717, 1.165) is 23.9 Å². The zero-order chi connectivity index (χ0) is 15.0. The fraction of sp³-hybridized carbons (Fsp3) is 0.500. The molecule has 0 aromatic carbocycles. The Morgan fingerprint density at radius 3 is 2.48 bits per heavy atom. The summed E-state index contributed by atoms with van der Waals surface area (Å²) in [6, 6.07) is 0. The molecule has 1 aliphatic heterocycles. The van der Waals surface area contributed by atoms with Gasteiger partial charge in [0.2, 0.25) is 0 Å². The lowest BCUT2D eigenvalue weighted by Crippen LogP contribution is -2.49. The van der Waals surface area contributed by atoms with E-state index in [0.29, 0.717) is 30.1 Å². The van der Waals surface area contributed by atoms with Crippen molar-refractivity contribution in [3.8, 4) is 0 Å². The van der Waals surface area contributed by atoms with Gasteiger partial charge in [-0.05, 0) is 20.8 Å². The summed E-state index contributed by atoms with van der Waals surface area (Å²) in [5, 5.41) is 6.95. The lowest BCUT2D eigenvalue weighted by atomic mass is 10.1. The molecule has 2 aromatic rings. The Kier molecular flexibility index (Phi) is 3.67. The highest BCUT2D eigenvalue weighted by Crippen LogP contribution is 2.22. The van der Waals surface area contributed by atoms with Crippen molar-refractivity contribution in [1.82, 2.24) is 15.0 Å². The van der Waals surface area contributed by atoms with Crippen molar-refractivity contribution in [1.29, 1.82) is 0 Å². The third-order valence-corrected chi connectivity index (χ3v) is 4.71. The summed E-state index contributed by atoms with van der Waals surface area (Å²) in [7, 11) is 0. The summed E-state index contributed by atoms with van der Waals surface area (Å²) >= 11 is 1.65. The molecule has 7 heteroatoms. The van der Waals surface area contributed by atoms with Gasteiger partial charge in [0.05, 0.1) is 11.4 Å². The minimum absolute atomic E-state index is 0.0150. The Balaban J connectivity index is 1.67. The largest absolute Gasteiger partial charge is 0.361 e. The number of carbonyl (C=O) groups excluding carboxylic acids is 1. The van der Waals surface area contributed by atoms with E-state index in [1.165, 1.54) is 0 Å². The number of hydrogen-bond donors (Lipinski definition) is 0. The third-order valence-electron chi connectivity index (χ3n) is 3.69. The zero-order valence-electron chi connectivity index (χ0n) is 12.4. The highest BCUT2D eigenvalue weighted by Gasteiger charge is 2.27. The maximum absolute atomic E-state index is 12.5. The van der Waals surface area contributed by atoms with Gasteiger partial charge in [0.1, 0.15) is 11.3 Å². The quantitative estimate of drug-likeness (QED) is 0.849. The maximum Gasteiger partial charge on any atom is 0.259 e. The predicted molar refractivity (Wildman–Crippen MR) is 80.9 cm³/mol. The summed E-state index contributed by atoms with van der Waals surface area (Å²) in [5.41, 5.74) is 2.31. The van der Waals surface area contributed by atoms with Gasteiger partial charge in [-0.2, -0.15) is 0 Å². The van der Waals surface area contributed by atoms with Gasteiger partial charge in [-0.25, -0.2) is 4.98 Å². The van der Waals surface area contributed by atoms with Crippen molar-refractivity contribution in [2.75, 3.05) is 31.1 Å². The van der Waals surface area contributed by atoms with Crippen LogP contribution >= 0.6 is 11.3 Å². The van der Waals surface area contributed by atoms with Gasteiger partial charge >= 0.3 is 0 Å². The molecular weight excluding hydrogens is 288 g/mol. The predicted octanol–water partition coefficient (Wildman–Crippen LogP) is 2.02. The minimum atomic E-state index is 0.0150. The number of anilines is 1. The van der Waals surface area contributed by atoms with Crippen LogP contribution in [0.4, 0.5) is 5.13 Å². The molecule has 0 atom stereocenters. The molecule has 21 heavy (non-hydrogen) atoms. The van der Waals surface area contributed by atoms with E-state index in [1.807, 2.05) is 11.8 Å². The van der Waals surface area contributed by atoms with Crippen LogP contribution in [0.5, 0.6) is 0 Å². The molecular formula is C14H18N4O2S. The summed E-state index contributed by atoms with van der Waals surface area (Å²) in [6.45, 7) is 8.59. The van der Waals surface area contributed by atoms with Gasteiger partial charge in [0.15, 0.2) is 5.13 Å². The maximum atomic E-state index is 12.5. The normalized spacial score (nSPS) is 15.6. The number of hydrogen-bond acceptors (Lipinski definition) is 6. The first-order valence-corrected chi connectivity index (χ1v) is 7.83. The molecule has 3 rings (SSSR count). The molecule has 112 valence electrons. The molecule has 1 saturated heterocycles. The molecule has 0 bridgehead atoms. The van der Waals surface area contributed by atoms with E-state index in [2.05, 4.69) is 20.4 Å². The first-order chi connectivity index (χ1) is 10.1. The summed E-state index contributed by atoms with van der Waals surface area (Å²) in [5.74, 6) is 0.608. The van der Waals surface area contributed by atoms with Crippen molar-refractivity contribution < 1.29 is 9.32 Å². The fourth-order valence-corrected chi connectivity index (χ4v) is 3.39. The van der Waals surface area contributed by atoms with Crippen molar-refractivity contribution in [3.63, 3.8) is 0 Å². The van der Waals surface area contributed by atoms with Crippen LogP contribution in [0.3, 0.4) is 0 Å². The number of nitrogens with zero attached hydrogens (tertiary/aromatic N) is 4. The zero-order valence-corrected chi connectivity index (χ0v) is 13.2. The molecule has 0 radical (unpaired) electrons. The van der Waals surface area contributed by atoms with E-state index in [-0.39, 0.29) is 5.91 Å². The van der Waals surface area contributed by atoms with E-state index in [4.69, 9.17) is 4.52 Å². The van der Waals surface area contributed by atoms with Gasteiger partial charge < -0.3 is 14.3 Å². The molecule has 6 nitrogen and oxygen atoms in total. The van der Waals surface area contributed by atoms with Crippen molar-refractivity contribution in [2.24, 2.45) is 0 Å². The number of thiazole rings is 1. The highest BCUT2D eigenvalue weighted by atomic mass is 32.1.